The van der Waals surface area contributed by atoms with Gasteiger partial charge in [0.1, 0.15) is 4.90 Å². The van der Waals surface area contributed by atoms with Gasteiger partial charge in [-0.15, -0.1) is 0 Å². The van der Waals surface area contributed by atoms with Gasteiger partial charge in [0.05, 0.1) is 5.02 Å². The van der Waals surface area contributed by atoms with Gasteiger partial charge in [0.15, 0.2) is 0 Å². The molecule has 1 aliphatic carbocycles. The largest absolute Gasteiger partial charge is 0.242 e. The maximum atomic E-state index is 12.2. The molecule has 1 aromatic carbocycles. The predicted octanol–water partition coefficient (Wildman–Crippen LogP) is 3.67. The zero-order valence-corrected chi connectivity index (χ0v) is 14.4. The Balaban J connectivity index is 2.14. The monoisotopic (exact) mass is 383 g/mol. The Labute approximate surface area is 131 Å². The smallest absolute Gasteiger partial charge is 0.210 e. The quantitative estimate of drug-likeness (QED) is 0.842. The summed E-state index contributed by atoms with van der Waals surface area (Å²) in [5.74, 6) is 0. The van der Waals surface area contributed by atoms with Crippen LogP contribution in [0.2, 0.25) is 5.02 Å². The van der Waals surface area contributed by atoms with Crippen LogP contribution in [-0.2, 0) is 10.0 Å². The highest BCUT2D eigenvalue weighted by Gasteiger charge is 2.37. The van der Waals surface area contributed by atoms with Crippen LogP contribution < -0.4 is 4.72 Å². The zero-order valence-electron chi connectivity index (χ0n) is 10.4. The highest BCUT2D eigenvalue weighted by Crippen LogP contribution is 2.42. The number of sulfonamides is 1. The van der Waals surface area contributed by atoms with E-state index in [0.717, 1.165) is 17.3 Å². The van der Waals surface area contributed by atoms with E-state index in [9.17, 15) is 8.42 Å². The van der Waals surface area contributed by atoms with Gasteiger partial charge in [-0.25, -0.2) is 13.1 Å². The minimum Gasteiger partial charge on any atom is -0.210 e. The minimum absolute atomic E-state index is 0.0644. The zero-order chi connectivity index (χ0) is 14.1. The summed E-state index contributed by atoms with van der Waals surface area (Å²) in [6, 6.07) is 4.78. The predicted molar refractivity (Wildman–Crippen MR) is 84.4 cm³/mol. The lowest BCUT2D eigenvalue weighted by atomic mass is 9.84. The lowest BCUT2D eigenvalue weighted by Crippen LogP contribution is -2.45. The molecule has 0 amide bonds. The summed E-state index contributed by atoms with van der Waals surface area (Å²) < 4.78 is 28.0. The van der Waals surface area contributed by atoms with Crippen LogP contribution in [0.5, 0.6) is 0 Å². The van der Waals surface area contributed by atoms with Gasteiger partial charge in [-0.2, -0.15) is 11.8 Å². The van der Waals surface area contributed by atoms with Crippen LogP contribution in [0.15, 0.2) is 27.6 Å². The molecule has 0 saturated heterocycles. The van der Waals surface area contributed by atoms with Crippen LogP contribution in [0.1, 0.15) is 19.3 Å². The van der Waals surface area contributed by atoms with Crippen molar-refractivity contribution in [3.8, 4) is 0 Å². The third-order valence-corrected chi connectivity index (χ3v) is 7.26. The molecule has 106 valence electrons. The Hall–Kier alpha value is 0.250. The summed E-state index contributed by atoms with van der Waals surface area (Å²) in [6.07, 6.45) is 5.32. The Morgan fingerprint density at radius 2 is 2.16 bits per heavy atom. The second kappa shape index (κ2) is 5.93. The topological polar surface area (TPSA) is 46.2 Å². The maximum absolute atomic E-state index is 12.2. The fraction of sp³-hybridized carbons (Fsp3) is 0.500. The first-order valence-corrected chi connectivity index (χ1v) is 9.76. The fourth-order valence-corrected chi connectivity index (χ4v) is 5.19. The molecule has 1 N–H and O–H groups in total. The van der Waals surface area contributed by atoms with Crippen molar-refractivity contribution in [1.29, 1.82) is 0 Å². The molecule has 7 heteroatoms. The Bertz CT molecular complexity index is 568. The summed E-state index contributed by atoms with van der Waals surface area (Å²) in [6.45, 7) is 0.461. The van der Waals surface area contributed by atoms with Gasteiger partial charge in [0.2, 0.25) is 10.0 Å². The average molecular weight is 385 g/mol. The van der Waals surface area contributed by atoms with Gasteiger partial charge in [-0.3, -0.25) is 0 Å². The van der Waals surface area contributed by atoms with Gasteiger partial charge < -0.3 is 0 Å². The molecule has 0 unspecified atom stereocenters. The molecule has 1 aliphatic rings. The standard InChI is InChI=1S/C12H15BrClNO2S2/c1-18-12(5-2-6-12)8-15-19(16,17)11-4-3-9(13)7-10(11)14/h3-4,7,15H,2,5-6,8H2,1H3. The average Bonchev–Trinajstić information content (AvgIpc) is 2.27. The molecule has 0 aliphatic heterocycles. The van der Waals surface area contributed by atoms with Gasteiger partial charge in [0.25, 0.3) is 0 Å². The second-order valence-corrected chi connectivity index (χ2v) is 8.97. The molecule has 19 heavy (non-hydrogen) atoms. The van der Waals surface area contributed by atoms with Crippen LogP contribution >= 0.6 is 39.3 Å². The number of benzene rings is 1. The summed E-state index contributed by atoms with van der Waals surface area (Å²) in [5, 5.41) is 0.230. The number of halogens is 2. The number of hydrogen-bond acceptors (Lipinski definition) is 3. The van der Waals surface area contributed by atoms with E-state index in [1.165, 1.54) is 12.5 Å². The van der Waals surface area contributed by atoms with Crippen LogP contribution in [0.3, 0.4) is 0 Å². The van der Waals surface area contributed by atoms with Crippen molar-refractivity contribution in [2.24, 2.45) is 0 Å². The maximum Gasteiger partial charge on any atom is 0.242 e. The molecular weight excluding hydrogens is 370 g/mol. The van der Waals surface area contributed by atoms with E-state index in [2.05, 4.69) is 20.7 Å². The van der Waals surface area contributed by atoms with Crippen LogP contribution in [0.4, 0.5) is 0 Å². The third kappa shape index (κ3) is 3.47. The van der Waals surface area contributed by atoms with Gasteiger partial charge >= 0.3 is 0 Å². The minimum atomic E-state index is -3.54. The van der Waals surface area contributed by atoms with Crippen LogP contribution in [0.25, 0.3) is 0 Å². The van der Waals surface area contributed by atoms with E-state index in [-0.39, 0.29) is 14.7 Å². The molecule has 0 bridgehead atoms. The van der Waals surface area contributed by atoms with Gasteiger partial charge in [0, 0.05) is 15.8 Å². The fourth-order valence-electron chi connectivity index (χ4n) is 2.02. The number of rotatable bonds is 5. The number of hydrogen-bond donors (Lipinski definition) is 1. The summed E-state index contributed by atoms with van der Waals surface area (Å²) >= 11 is 11.0. The van der Waals surface area contributed by atoms with Crippen molar-refractivity contribution in [2.45, 2.75) is 28.9 Å². The third-order valence-electron chi connectivity index (χ3n) is 3.47. The van der Waals surface area contributed by atoms with Crippen molar-refractivity contribution >= 4 is 49.3 Å². The Morgan fingerprint density at radius 3 is 2.63 bits per heavy atom. The Kier molecular flexibility index (Phi) is 4.88. The molecule has 1 saturated carbocycles. The van der Waals surface area contributed by atoms with Crippen molar-refractivity contribution in [3.05, 3.63) is 27.7 Å². The lowest BCUT2D eigenvalue weighted by molar-refractivity contribution is 0.362. The molecule has 0 atom stereocenters. The Morgan fingerprint density at radius 1 is 1.47 bits per heavy atom. The van der Waals surface area contributed by atoms with Gasteiger partial charge in [-0.1, -0.05) is 34.0 Å². The summed E-state index contributed by atoms with van der Waals surface area (Å²) in [7, 11) is -3.54. The molecule has 1 aromatic rings. The molecule has 0 radical (unpaired) electrons. The van der Waals surface area contributed by atoms with Crippen LogP contribution in [0, 0.1) is 0 Å². The van der Waals surface area contributed by atoms with Crippen LogP contribution in [-0.4, -0.2) is 26.0 Å². The normalized spacial score (nSPS) is 18.1. The molecule has 0 heterocycles. The summed E-state index contributed by atoms with van der Waals surface area (Å²) in [5.41, 5.74) is 0. The van der Waals surface area contributed by atoms with E-state index in [0.29, 0.717) is 6.54 Å². The SMILES string of the molecule is CSC1(CNS(=O)(=O)c2ccc(Br)cc2Cl)CCC1. The number of thioether (sulfide) groups is 1. The first kappa shape index (κ1) is 15.6. The van der Waals surface area contributed by atoms with E-state index in [1.807, 2.05) is 6.26 Å². The molecule has 3 nitrogen and oxygen atoms in total. The highest BCUT2D eigenvalue weighted by molar-refractivity contribution is 9.10. The van der Waals surface area contributed by atoms with E-state index >= 15 is 0 Å². The first-order valence-electron chi connectivity index (χ1n) is 5.88. The van der Waals surface area contributed by atoms with E-state index in [1.54, 1.807) is 23.9 Å². The molecule has 2 rings (SSSR count). The van der Waals surface area contributed by atoms with Crippen molar-refractivity contribution in [1.82, 2.24) is 4.72 Å². The van der Waals surface area contributed by atoms with Gasteiger partial charge in [-0.05, 0) is 37.3 Å². The van der Waals surface area contributed by atoms with Crippen molar-refractivity contribution in [3.63, 3.8) is 0 Å². The second-order valence-electron chi connectivity index (χ2n) is 4.64. The molecule has 0 aromatic heterocycles. The highest BCUT2D eigenvalue weighted by atomic mass is 79.9. The first-order chi connectivity index (χ1) is 8.88. The van der Waals surface area contributed by atoms with E-state index in [4.69, 9.17) is 11.6 Å². The van der Waals surface area contributed by atoms with E-state index < -0.39 is 10.0 Å². The molecule has 1 fully saturated rings. The van der Waals surface area contributed by atoms with Crippen molar-refractivity contribution in [2.75, 3.05) is 12.8 Å². The summed E-state index contributed by atoms with van der Waals surface area (Å²) in [4.78, 5) is 0.132. The lowest BCUT2D eigenvalue weighted by Gasteiger charge is -2.40. The number of nitrogens with one attached hydrogen (secondary N) is 1. The molecular formula is C12H15BrClNO2S2. The molecule has 0 spiro atoms. The van der Waals surface area contributed by atoms with Crippen molar-refractivity contribution < 1.29 is 8.42 Å².